The maximum atomic E-state index is 12.5. The minimum absolute atomic E-state index is 0.0716. The van der Waals surface area contributed by atoms with Crippen molar-refractivity contribution in [3.05, 3.63) is 53.6 Å². The van der Waals surface area contributed by atoms with E-state index < -0.39 is 0 Å². The number of benzene rings is 2. The lowest BCUT2D eigenvalue weighted by molar-refractivity contribution is -0.129. The molecule has 0 bridgehead atoms. The van der Waals surface area contributed by atoms with Gasteiger partial charge in [-0.3, -0.25) is 4.79 Å². The Morgan fingerprint density at radius 3 is 2.62 bits per heavy atom. The zero-order valence-corrected chi connectivity index (χ0v) is 15.4. The molecule has 0 saturated heterocycles. The second-order valence-electron chi connectivity index (χ2n) is 8.73. The van der Waals surface area contributed by atoms with Crippen molar-refractivity contribution in [2.75, 3.05) is 0 Å². The van der Waals surface area contributed by atoms with Crippen molar-refractivity contribution in [2.24, 2.45) is 17.3 Å². The predicted molar refractivity (Wildman–Crippen MR) is 103 cm³/mol. The number of phenols is 1. The zero-order valence-electron chi connectivity index (χ0n) is 15.4. The van der Waals surface area contributed by atoms with E-state index in [2.05, 4.69) is 25.1 Å². The molecular weight excluding hydrogens is 320 g/mol. The normalized spacial score (nSPS) is 32.7. The standard InChI is InChI=1S/C24H26O2/c1-24-14-13-17-16-9-11-21(25)23(15-5-3-2-4-6-15)19(16)8-7-18(17)20(24)10-12-22(24)26/h2-6,9,11,17-18,20,25H,7-8,10,12-14H2,1H3/t17-,18-,20+,24+/m1/s1. The van der Waals surface area contributed by atoms with E-state index in [0.29, 0.717) is 29.3 Å². The smallest absolute Gasteiger partial charge is 0.139 e. The van der Waals surface area contributed by atoms with E-state index in [1.54, 1.807) is 0 Å². The fourth-order valence-electron chi connectivity index (χ4n) is 6.35. The van der Waals surface area contributed by atoms with E-state index in [1.165, 1.54) is 11.1 Å². The fourth-order valence-corrected chi connectivity index (χ4v) is 6.35. The average molecular weight is 346 g/mol. The van der Waals surface area contributed by atoms with Crippen molar-refractivity contribution in [2.45, 2.75) is 51.4 Å². The Labute approximate surface area is 155 Å². The van der Waals surface area contributed by atoms with Crippen LogP contribution in [-0.2, 0) is 11.2 Å². The molecule has 0 radical (unpaired) electrons. The summed E-state index contributed by atoms with van der Waals surface area (Å²) in [5, 5.41) is 10.6. The molecule has 3 aliphatic rings. The van der Waals surface area contributed by atoms with E-state index in [0.717, 1.165) is 49.7 Å². The first-order chi connectivity index (χ1) is 12.6. The van der Waals surface area contributed by atoms with Gasteiger partial charge in [0.15, 0.2) is 0 Å². The molecule has 26 heavy (non-hydrogen) atoms. The summed E-state index contributed by atoms with van der Waals surface area (Å²) in [5.41, 5.74) is 4.83. The van der Waals surface area contributed by atoms with E-state index in [9.17, 15) is 9.90 Å². The van der Waals surface area contributed by atoms with Crippen molar-refractivity contribution in [3.8, 4) is 16.9 Å². The number of rotatable bonds is 1. The topological polar surface area (TPSA) is 37.3 Å². The fraction of sp³-hybridized carbons (Fsp3) is 0.458. The number of hydrogen-bond donors (Lipinski definition) is 1. The Balaban J connectivity index is 1.59. The van der Waals surface area contributed by atoms with Crippen molar-refractivity contribution >= 4 is 5.78 Å². The van der Waals surface area contributed by atoms with Crippen molar-refractivity contribution < 1.29 is 9.90 Å². The zero-order chi connectivity index (χ0) is 17.9. The molecule has 0 amide bonds. The van der Waals surface area contributed by atoms with Gasteiger partial charge < -0.3 is 5.11 Å². The number of Topliss-reactive ketones (excluding diaryl/α,β-unsaturated/α-hetero) is 1. The van der Waals surface area contributed by atoms with Crippen LogP contribution in [0.4, 0.5) is 0 Å². The molecule has 0 aromatic heterocycles. The number of carbonyl (C=O) groups is 1. The van der Waals surface area contributed by atoms with E-state index in [4.69, 9.17) is 0 Å². The van der Waals surface area contributed by atoms with Crippen LogP contribution in [0.3, 0.4) is 0 Å². The van der Waals surface area contributed by atoms with Gasteiger partial charge in [-0.1, -0.05) is 43.3 Å². The summed E-state index contributed by atoms with van der Waals surface area (Å²) >= 11 is 0. The lowest BCUT2D eigenvalue weighted by Crippen LogP contribution is -2.42. The first-order valence-electron chi connectivity index (χ1n) is 10.0. The van der Waals surface area contributed by atoms with Gasteiger partial charge in [-0.25, -0.2) is 0 Å². The Kier molecular flexibility index (Phi) is 3.53. The van der Waals surface area contributed by atoms with E-state index >= 15 is 0 Å². The third-order valence-corrected chi connectivity index (χ3v) is 7.66. The SMILES string of the molecule is C[C@]12CC[C@@H]3c4ccc(O)c(-c5ccccc5)c4CC[C@H]3[C@@H]1CCC2=O. The van der Waals surface area contributed by atoms with Gasteiger partial charge in [-0.2, -0.15) is 0 Å². The Morgan fingerprint density at radius 1 is 1.00 bits per heavy atom. The summed E-state index contributed by atoms with van der Waals surface area (Å²) in [6.45, 7) is 2.23. The van der Waals surface area contributed by atoms with Gasteiger partial charge in [0, 0.05) is 17.4 Å². The third kappa shape index (κ3) is 2.14. The van der Waals surface area contributed by atoms with Gasteiger partial charge in [-0.15, -0.1) is 0 Å². The quantitative estimate of drug-likeness (QED) is 0.742. The molecule has 2 aromatic carbocycles. The molecular formula is C24H26O2. The summed E-state index contributed by atoms with van der Waals surface area (Å²) < 4.78 is 0. The molecule has 0 spiro atoms. The van der Waals surface area contributed by atoms with Gasteiger partial charge >= 0.3 is 0 Å². The Hall–Kier alpha value is -2.09. The molecule has 2 heteroatoms. The van der Waals surface area contributed by atoms with Crippen LogP contribution >= 0.6 is 0 Å². The van der Waals surface area contributed by atoms with Gasteiger partial charge in [0.2, 0.25) is 0 Å². The molecule has 3 aliphatic carbocycles. The first-order valence-corrected chi connectivity index (χ1v) is 10.0. The molecule has 1 N–H and O–H groups in total. The largest absolute Gasteiger partial charge is 0.507 e. The molecule has 2 fully saturated rings. The van der Waals surface area contributed by atoms with Gasteiger partial charge in [0.1, 0.15) is 11.5 Å². The molecule has 2 saturated carbocycles. The second kappa shape index (κ2) is 5.70. The number of hydrogen-bond acceptors (Lipinski definition) is 2. The van der Waals surface area contributed by atoms with Crippen LogP contribution in [0.1, 0.15) is 56.1 Å². The lowest BCUT2D eigenvalue weighted by Gasteiger charge is -2.48. The minimum Gasteiger partial charge on any atom is -0.507 e. The maximum absolute atomic E-state index is 12.5. The summed E-state index contributed by atoms with van der Waals surface area (Å²) in [7, 11) is 0. The summed E-state index contributed by atoms with van der Waals surface area (Å²) in [5.74, 6) is 2.62. The Bertz CT molecular complexity index is 869. The molecule has 0 aliphatic heterocycles. The third-order valence-electron chi connectivity index (χ3n) is 7.66. The second-order valence-corrected chi connectivity index (χ2v) is 8.73. The predicted octanol–water partition coefficient (Wildman–Crippen LogP) is 5.48. The van der Waals surface area contributed by atoms with Gasteiger partial charge in [0.25, 0.3) is 0 Å². The van der Waals surface area contributed by atoms with Crippen LogP contribution < -0.4 is 0 Å². The summed E-state index contributed by atoms with van der Waals surface area (Å²) in [6, 6.07) is 14.3. The molecule has 4 atom stereocenters. The number of aromatic hydroxyl groups is 1. The van der Waals surface area contributed by atoms with Crippen LogP contribution in [0.2, 0.25) is 0 Å². The minimum atomic E-state index is -0.0716. The molecule has 2 aromatic rings. The number of carbonyl (C=O) groups excluding carboxylic acids is 1. The van der Waals surface area contributed by atoms with Crippen LogP contribution in [0.25, 0.3) is 11.1 Å². The van der Waals surface area contributed by atoms with E-state index in [-0.39, 0.29) is 5.41 Å². The highest BCUT2D eigenvalue weighted by atomic mass is 16.3. The Morgan fingerprint density at radius 2 is 1.81 bits per heavy atom. The van der Waals surface area contributed by atoms with E-state index in [1.807, 2.05) is 24.3 Å². The molecule has 5 rings (SSSR count). The van der Waals surface area contributed by atoms with Gasteiger partial charge in [0.05, 0.1) is 0 Å². The molecule has 0 heterocycles. The first kappa shape index (κ1) is 16.1. The van der Waals surface area contributed by atoms with Crippen molar-refractivity contribution in [3.63, 3.8) is 0 Å². The summed E-state index contributed by atoms with van der Waals surface area (Å²) in [6.07, 6.45) is 6.15. The van der Waals surface area contributed by atoms with Crippen LogP contribution in [0.15, 0.2) is 42.5 Å². The van der Waals surface area contributed by atoms with Crippen molar-refractivity contribution in [1.29, 1.82) is 0 Å². The molecule has 134 valence electrons. The highest BCUT2D eigenvalue weighted by Gasteiger charge is 2.54. The lowest BCUT2D eigenvalue weighted by atomic mass is 9.55. The average Bonchev–Trinajstić information content (AvgIpc) is 2.97. The van der Waals surface area contributed by atoms with Crippen LogP contribution in [-0.4, -0.2) is 10.9 Å². The monoisotopic (exact) mass is 346 g/mol. The number of phenolic OH excluding ortho intramolecular Hbond substituents is 1. The van der Waals surface area contributed by atoms with Crippen LogP contribution in [0, 0.1) is 17.3 Å². The van der Waals surface area contributed by atoms with Crippen molar-refractivity contribution in [1.82, 2.24) is 0 Å². The number of fused-ring (bicyclic) bond motifs is 5. The highest BCUT2D eigenvalue weighted by Crippen LogP contribution is 2.60. The maximum Gasteiger partial charge on any atom is 0.139 e. The molecule has 0 unspecified atom stereocenters. The summed E-state index contributed by atoms with van der Waals surface area (Å²) in [4.78, 5) is 12.5. The molecule has 2 nitrogen and oxygen atoms in total. The van der Waals surface area contributed by atoms with Gasteiger partial charge in [-0.05, 0) is 72.6 Å². The number of ketones is 1. The highest BCUT2D eigenvalue weighted by molar-refractivity contribution is 5.87. The van der Waals surface area contributed by atoms with Crippen LogP contribution in [0.5, 0.6) is 5.75 Å².